The molecule has 22 heavy (non-hydrogen) atoms. The van der Waals surface area contributed by atoms with E-state index < -0.39 is 11.6 Å². The summed E-state index contributed by atoms with van der Waals surface area (Å²) in [6.07, 6.45) is 4.20. The minimum atomic E-state index is -0.622. The summed E-state index contributed by atoms with van der Waals surface area (Å²) >= 11 is 0. The van der Waals surface area contributed by atoms with Gasteiger partial charge >= 0.3 is 0 Å². The number of rotatable bonds is 5. The summed E-state index contributed by atoms with van der Waals surface area (Å²) in [5.74, 6) is -1.24. The molecule has 0 saturated carbocycles. The molecule has 0 aliphatic heterocycles. The third-order valence-corrected chi connectivity index (χ3v) is 3.40. The van der Waals surface area contributed by atoms with Gasteiger partial charge in [-0.2, -0.15) is 10.2 Å². The van der Waals surface area contributed by atoms with Crippen molar-refractivity contribution in [2.75, 3.05) is 0 Å². The summed E-state index contributed by atoms with van der Waals surface area (Å²) < 4.78 is 27.5. The molecule has 0 aliphatic rings. The van der Waals surface area contributed by atoms with E-state index in [0.29, 0.717) is 12.0 Å². The Balaban J connectivity index is 2.10. The van der Waals surface area contributed by atoms with Gasteiger partial charge in [0.15, 0.2) is 0 Å². The first kappa shape index (κ1) is 16.0. The number of hydrogen-bond donors (Lipinski definition) is 0. The maximum absolute atomic E-state index is 13.7. The van der Waals surface area contributed by atoms with E-state index in [9.17, 15) is 8.78 Å². The molecular weight excluding hydrogens is 282 g/mol. The highest BCUT2D eigenvalue weighted by Crippen LogP contribution is 2.14. The lowest BCUT2D eigenvalue weighted by Crippen LogP contribution is -1.96. The minimum absolute atomic E-state index is 0.171. The molecular formula is C18H18F2N2. The standard InChI is InChI=1S/C18H18F2N2/c1-3-13-5-7-15(8-6-13)11-21-22-12-16-17(19)9-14(4-2)10-18(16)20/h5-12H,3-4H2,1-2H3. The van der Waals surface area contributed by atoms with Crippen LogP contribution in [0.1, 0.15) is 36.1 Å². The smallest absolute Gasteiger partial charge is 0.135 e. The topological polar surface area (TPSA) is 24.7 Å². The van der Waals surface area contributed by atoms with Gasteiger partial charge in [-0.15, -0.1) is 0 Å². The molecule has 114 valence electrons. The highest BCUT2D eigenvalue weighted by Gasteiger charge is 2.08. The second-order valence-corrected chi connectivity index (χ2v) is 4.91. The summed E-state index contributed by atoms with van der Waals surface area (Å²) in [5.41, 5.74) is 2.57. The SMILES string of the molecule is CCc1ccc(C=NN=Cc2c(F)cc(CC)cc2F)cc1. The van der Waals surface area contributed by atoms with Crippen LogP contribution < -0.4 is 0 Å². The summed E-state index contributed by atoms with van der Waals surface area (Å²) in [4.78, 5) is 0. The van der Waals surface area contributed by atoms with Crippen LogP contribution in [-0.2, 0) is 12.8 Å². The van der Waals surface area contributed by atoms with E-state index in [-0.39, 0.29) is 5.56 Å². The number of halogens is 2. The molecule has 0 unspecified atom stereocenters. The van der Waals surface area contributed by atoms with Gasteiger partial charge in [0.25, 0.3) is 0 Å². The normalized spacial score (nSPS) is 11.6. The Morgan fingerprint density at radius 1 is 0.818 bits per heavy atom. The molecule has 0 N–H and O–H groups in total. The van der Waals surface area contributed by atoms with Gasteiger partial charge in [-0.1, -0.05) is 38.1 Å². The van der Waals surface area contributed by atoms with Crippen LogP contribution in [-0.4, -0.2) is 12.4 Å². The van der Waals surface area contributed by atoms with E-state index in [1.807, 2.05) is 31.2 Å². The van der Waals surface area contributed by atoms with Crippen molar-refractivity contribution in [3.8, 4) is 0 Å². The summed E-state index contributed by atoms with van der Waals surface area (Å²) in [7, 11) is 0. The first-order chi connectivity index (χ1) is 10.6. The Morgan fingerprint density at radius 3 is 1.91 bits per heavy atom. The molecule has 0 fully saturated rings. The zero-order valence-corrected chi connectivity index (χ0v) is 12.7. The number of hydrogen-bond acceptors (Lipinski definition) is 2. The molecule has 4 heteroatoms. The monoisotopic (exact) mass is 300 g/mol. The summed E-state index contributed by atoms with van der Waals surface area (Å²) in [5, 5.41) is 7.55. The van der Waals surface area contributed by atoms with Crippen molar-refractivity contribution >= 4 is 12.4 Å². The molecule has 0 bridgehead atoms. The largest absolute Gasteiger partial charge is 0.206 e. The number of benzene rings is 2. The highest BCUT2D eigenvalue weighted by molar-refractivity contribution is 5.83. The molecule has 0 aromatic heterocycles. The first-order valence-corrected chi connectivity index (χ1v) is 7.27. The maximum atomic E-state index is 13.7. The lowest BCUT2D eigenvalue weighted by Gasteiger charge is -2.01. The molecule has 0 heterocycles. The summed E-state index contributed by atoms with van der Waals surface area (Å²) in [6.45, 7) is 3.93. The lowest BCUT2D eigenvalue weighted by atomic mass is 10.1. The van der Waals surface area contributed by atoms with Crippen LogP contribution in [0.15, 0.2) is 46.6 Å². The third kappa shape index (κ3) is 4.07. The Hall–Kier alpha value is -2.36. The Bertz CT molecular complexity index is 666. The van der Waals surface area contributed by atoms with E-state index in [2.05, 4.69) is 17.1 Å². The molecule has 0 amide bonds. The van der Waals surface area contributed by atoms with Crippen LogP contribution >= 0.6 is 0 Å². The highest BCUT2D eigenvalue weighted by atomic mass is 19.1. The molecule has 2 rings (SSSR count). The van der Waals surface area contributed by atoms with E-state index in [0.717, 1.165) is 18.2 Å². The Morgan fingerprint density at radius 2 is 1.36 bits per heavy atom. The predicted molar refractivity (Wildman–Crippen MR) is 86.7 cm³/mol. The molecule has 2 nitrogen and oxygen atoms in total. The molecule has 0 aliphatic carbocycles. The van der Waals surface area contributed by atoms with Gasteiger partial charge in [-0.05, 0) is 41.7 Å². The molecule has 0 saturated heterocycles. The zero-order valence-electron chi connectivity index (χ0n) is 12.7. The zero-order chi connectivity index (χ0) is 15.9. The average molecular weight is 300 g/mol. The van der Waals surface area contributed by atoms with Crippen LogP contribution in [0.4, 0.5) is 8.78 Å². The van der Waals surface area contributed by atoms with Crippen LogP contribution in [0.3, 0.4) is 0 Å². The molecule has 0 radical (unpaired) electrons. The maximum Gasteiger partial charge on any atom is 0.135 e. The van der Waals surface area contributed by atoms with E-state index in [4.69, 9.17) is 0 Å². The average Bonchev–Trinajstić information content (AvgIpc) is 2.53. The number of aryl methyl sites for hydroxylation is 2. The van der Waals surface area contributed by atoms with Crippen molar-refractivity contribution in [3.63, 3.8) is 0 Å². The van der Waals surface area contributed by atoms with Crippen LogP contribution in [0, 0.1) is 11.6 Å². The van der Waals surface area contributed by atoms with Crippen LogP contribution in [0.2, 0.25) is 0 Å². The van der Waals surface area contributed by atoms with Crippen molar-refractivity contribution in [1.29, 1.82) is 0 Å². The first-order valence-electron chi connectivity index (χ1n) is 7.27. The van der Waals surface area contributed by atoms with Gasteiger partial charge in [0.1, 0.15) is 11.6 Å². The fourth-order valence-electron chi connectivity index (χ4n) is 1.99. The molecule has 0 spiro atoms. The second kappa shape index (κ2) is 7.59. The third-order valence-electron chi connectivity index (χ3n) is 3.40. The van der Waals surface area contributed by atoms with E-state index in [1.54, 1.807) is 6.21 Å². The van der Waals surface area contributed by atoms with Gasteiger partial charge in [0.05, 0.1) is 18.0 Å². The van der Waals surface area contributed by atoms with E-state index in [1.165, 1.54) is 17.7 Å². The fourth-order valence-corrected chi connectivity index (χ4v) is 1.99. The van der Waals surface area contributed by atoms with Gasteiger partial charge in [0, 0.05) is 0 Å². The van der Waals surface area contributed by atoms with Crippen LogP contribution in [0.5, 0.6) is 0 Å². The number of nitrogens with zero attached hydrogens (tertiary/aromatic N) is 2. The lowest BCUT2D eigenvalue weighted by molar-refractivity contribution is 0.577. The van der Waals surface area contributed by atoms with Crippen molar-refractivity contribution in [2.45, 2.75) is 26.7 Å². The summed E-state index contributed by atoms with van der Waals surface area (Å²) in [6, 6.07) is 10.5. The predicted octanol–water partition coefficient (Wildman–Crippen LogP) is 4.54. The van der Waals surface area contributed by atoms with Gasteiger partial charge in [-0.25, -0.2) is 8.78 Å². The Kier molecular flexibility index (Phi) is 5.53. The van der Waals surface area contributed by atoms with Crippen molar-refractivity contribution < 1.29 is 8.78 Å². The molecule has 2 aromatic rings. The quantitative estimate of drug-likeness (QED) is 0.572. The molecule has 0 atom stereocenters. The van der Waals surface area contributed by atoms with Crippen LogP contribution in [0.25, 0.3) is 0 Å². The van der Waals surface area contributed by atoms with E-state index >= 15 is 0 Å². The Labute approximate surface area is 129 Å². The van der Waals surface area contributed by atoms with Crippen molar-refractivity contribution in [1.82, 2.24) is 0 Å². The molecule has 2 aromatic carbocycles. The van der Waals surface area contributed by atoms with Gasteiger partial charge < -0.3 is 0 Å². The fraction of sp³-hybridized carbons (Fsp3) is 0.222. The van der Waals surface area contributed by atoms with Gasteiger partial charge in [-0.3, -0.25) is 0 Å². The van der Waals surface area contributed by atoms with Gasteiger partial charge in [0.2, 0.25) is 0 Å². The minimum Gasteiger partial charge on any atom is -0.206 e. The van der Waals surface area contributed by atoms with Crippen molar-refractivity contribution in [3.05, 3.63) is 70.3 Å². The van der Waals surface area contributed by atoms with Crippen molar-refractivity contribution in [2.24, 2.45) is 10.2 Å². The second-order valence-electron chi connectivity index (χ2n) is 4.91.